The Hall–Kier alpha value is 0.425. The predicted molar refractivity (Wildman–Crippen MR) is 51.9 cm³/mol. The van der Waals surface area contributed by atoms with Crippen molar-refractivity contribution in [2.24, 2.45) is 5.92 Å². The van der Waals surface area contributed by atoms with E-state index in [1.54, 1.807) is 7.85 Å². The lowest BCUT2D eigenvalue weighted by Crippen LogP contribution is -2.19. The van der Waals surface area contributed by atoms with Crippen LogP contribution in [0.15, 0.2) is 0 Å². The van der Waals surface area contributed by atoms with E-state index < -0.39 is 0 Å². The van der Waals surface area contributed by atoms with Crippen molar-refractivity contribution in [2.75, 3.05) is 0 Å². The molecule has 4 heteroatoms. The fourth-order valence-electron chi connectivity index (χ4n) is 0.653. The van der Waals surface area contributed by atoms with Crippen molar-refractivity contribution >= 4 is 36.5 Å². The van der Waals surface area contributed by atoms with Gasteiger partial charge >= 0.3 is 0 Å². The van der Waals surface area contributed by atoms with Crippen molar-refractivity contribution in [3.63, 3.8) is 0 Å². The molecular formula is C6H12BIO2. The number of carbonyl (C=O) groups is 1. The van der Waals surface area contributed by atoms with E-state index in [1.807, 2.05) is 36.9 Å². The summed E-state index contributed by atoms with van der Waals surface area (Å²) in [5.41, 5.74) is 0.190. The van der Waals surface area contributed by atoms with Gasteiger partial charge in [-0.25, -0.2) is 0 Å². The first kappa shape index (κ1) is 10.4. The summed E-state index contributed by atoms with van der Waals surface area (Å²) < 4.78 is 5.07. The first-order valence-electron chi connectivity index (χ1n) is 3.34. The van der Waals surface area contributed by atoms with Gasteiger partial charge in [0, 0.05) is 6.42 Å². The molecule has 0 N–H and O–H groups in total. The summed E-state index contributed by atoms with van der Waals surface area (Å²) in [5.74, 6) is 0.417. The lowest BCUT2D eigenvalue weighted by molar-refractivity contribution is -0.113. The molecule has 0 aromatic carbocycles. The van der Waals surface area contributed by atoms with Crippen molar-refractivity contribution in [3.05, 3.63) is 0 Å². The van der Waals surface area contributed by atoms with Crippen molar-refractivity contribution < 1.29 is 7.86 Å². The second kappa shape index (κ2) is 5.13. The minimum atomic E-state index is 0.0816. The topological polar surface area (TPSA) is 26.3 Å². The van der Waals surface area contributed by atoms with Gasteiger partial charge in [0.05, 0.1) is 11.8 Å². The van der Waals surface area contributed by atoms with Crippen LogP contribution in [0.1, 0.15) is 20.3 Å². The average molecular weight is 254 g/mol. The lowest BCUT2D eigenvalue weighted by Gasteiger charge is -2.15. The first-order chi connectivity index (χ1) is 4.57. The van der Waals surface area contributed by atoms with Gasteiger partial charge < -0.3 is 7.86 Å². The maximum Gasteiger partial charge on any atom is 0.187 e. The molecule has 0 saturated heterocycles. The predicted octanol–water partition coefficient (Wildman–Crippen LogP) is 0.927. The molecular weight excluding hydrogens is 242 g/mol. The van der Waals surface area contributed by atoms with Gasteiger partial charge in [0.25, 0.3) is 0 Å². The van der Waals surface area contributed by atoms with Crippen LogP contribution < -0.4 is 0 Å². The summed E-state index contributed by atoms with van der Waals surface area (Å²) in [5, 5.41) is 0. The molecule has 0 heterocycles. The molecule has 0 amide bonds. The van der Waals surface area contributed by atoms with Gasteiger partial charge in [-0.2, -0.15) is 0 Å². The Morgan fingerprint density at radius 1 is 1.70 bits per heavy atom. The highest BCUT2D eigenvalue weighted by molar-refractivity contribution is 14.1. The summed E-state index contributed by atoms with van der Waals surface area (Å²) >= 11 is 1.85. The van der Waals surface area contributed by atoms with Crippen LogP contribution in [-0.2, 0) is 7.86 Å². The van der Waals surface area contributed by atoms with Crippen molar-refractivity contribution in [3.8, 4) is 0 Å². The maximum atomic E-state index is 10.6. The molecule has 0 bridgehead atoms. The highest BCUT2D eigenvalue weighted by Crippen LogP contribution is 2.13. The number of hydrogen-bond acceptors (Lipinski definition) is 2. The minimum absolute atomic E-state index is 0.0816. The van der Waals surface area contributed by atoms with Gasteiger partial charge in [0.1, 0.15) is 23.0 Å². The Balaban J connectivity index is 3.71. The quantitative estimate of drug-likeness (QED) is 0.551. The summed E-state index contributed by atoms with van der Waals surface area (Å²) in [6.07, 6.45) is 0.610. The van der Waals surface area contributed by atoms with Crippen LogP contribution in [0.2, 0.25) is 0 Å². The van der Waals surface area contributed by atoms with Crippen LogP contribution in [-0.4, -0.2) is 19.6 Å². The maximum absolute atomic E-state index is 10.6. The van der Waals surface area contributed by atoms with Gasteiger partial charge in [-0.1, -0.05) is 13.8 Å². The summed E-state index contributed by atoms with van der Waals surface area (Å²) in [6, 6.07) is 0. The van der Waals surface area contributed by atoms with Gasteiger partial charge in [-0.3, -0.25) is 0 Å². The van der Waals surface area contributed by atoms with Gasteiger partial charge in [0.15, 0.2) is 7.85 Å². The molecule has 0 aliphatic carbocycles. The molecule has 58 valence electrons. The van der Waals surface area contributed by atoms with E-state index in [-0.39, 0.29) is 11.8 Å². The fraction of sp³-hybridized carbons (Fsp3) is 0.833. The molecule has 0 rings (SSSR count). The molecule has 0 aromatic rings. The Morgan fingerprint density at radius 2 is 2.20 bits per heavy atom. The summed E-state index contributed by atoms with van der Waals surface area (Å²) in [6.45, 7) is 4.10. The van der Waals surface area contributed by atoms with Crippen LogP contribution in [0.5, 0.6) is 0 Å². The molecule has 0 fully saturated rings. The monoisotopic (exact) mass is 254 g/mol. The molecule has 0 aliphatic heterocycles. The van der Waals surface area contributed by atoms with Crippen LogP contribution in [0.3, 0.4) is 0 Å². The fourth-order valence-corrected chi connectivity index (χ4v) is 1.42. The standard InChI is InChI=1S/C6H12BIO2/c1-4(2)5(10-8)3-6(7)9/h4-5H,3,7H2,1-2H3. The molecule has 1 unspecified atom stereocenters. The first-order valence-corrected chi connectivity index (χ1v) is 4.22. The molecule has 10 heavy (non-hydrogen) atoms. The third-order valence-electron chi connectivity index (χ3n) is 1.35. The van der Waals surface area contributed by atoms with E-state index in [0.29, 0.717) is 12.3 Å². The highest BCUT2D eigenvalue weighted by Gasteiger charge is 2.14. The Labute approximate surface area is 76.8 Å². The normalized spacial score (nSPS) is 13.6. The number of halogens is 1. The zero-order valence-electron chi connectivity index (χ0n) is 6.56. The van der Waals surface area contributed by atoms with E-state index >= 15 is 0 Å². The van der Waals surface area contributed by atoms with Crippen LogP contribution in [0.4, 0.5) is 0 Å². The van der Waals surface area contributed by atoms with Gasteiger partial charge in [-0.05, 0) is 5.92 Å². The van der Waals surface area contributed by atoms with Crippen LogP contribution in [0, 0.1) is 5.92 Å². The van der Waals surface area contributed by atoms with Crippen LogP contribution in [0.25, 0.3) is 0 Å². The second-order valence-corrected chi connectivity index (χ2v) is 3.29. The van der Waals surface area contributed by atoms with Crippen LogP contribution >= 0.6 is 23.0 Å². The van der Waals surface area contributed by atoms with Gasteiger partial charge in [-0.15, -0.1) is 0 Å². The third-order valence-corrected chi connectivity index (χ3v) is 2.00. The third kappa shape index (κ3) is 4.27. The van der Waals surface area contributed by atoms with E-state index in [9.17, 15) is 4.79 Å². The molecule has 2 nitrogen and oxygen atoms in total. The largest absolute Gasteiger partial charge is 0.312 e. The molecule has 1 atom stereocenters. The average Bonchev–Trinajstić information content (AvgIpc) is 1.81. The van der Waals surface area contributed by atoms with Crippen molar-refractivity contribution in [1.29, 1.82) is 0 Å². The van der Waals surface area contributed by atoms with E-state index in [2.05, 4.69) is 0 Å². The molecule has 0 aliphatic rings. The van der Waals surface area contributed by atoms with E-state index in [4.69, 9.17) is 3.07 Å². The highest BCUT2D eigenvalue weighted by atomic mass is 127. The number of rotatable bonds is 4. The summed E-state index contributed by atoms with van der Waals surface area (Å²) in [4.78, 5) is 10.6. The second-order valence-electron chi connectivity index (χ2n) is 2.78. The Bertz CT molecular complexity index is 116. The molecule has 0 aromatic heterocycles. The molecule has 0 spiro atoms. The van der Waals surface area contributed by atoms with E-state index in [0.717, 1.165) is 0 Å². The minimum Gasteiger partial charge on any atom is -0.312 e. The van der Waals surface area contributed by atoms with Gasteiger partial charge in [0.2, 0.25) is 0 Å². The zero-order valence-corrected chi connectivity index (χ0v) is 8.71. The number of hydrogen-bond donors (Lipinski definition) is 0. The van der Waals surface area contributed by atoms with E-state index in [1.165, 1.54) is 0 Å². The summed E-state index contributed by atoms with van der Waals surface area (Å²) in [7, 11) is 1.59. The van der Waals surface area contributed by atoms with Crippen molar-refractivity contribution in [1.82, 2.24) is 0 Å². The zero-order chi connectivity index (χ0) is 8.15. The molecule has 0 saturated carbocycles. The van der Waals surface area contributed by atoms with Crippen molar-refractivity contribution in [2.45, 2.75) is 26.4 Å². The SMILES string of the molecule is BC(=O)CC(OI)C(C)C. The Kier molecular flexibility index (Phi) is 5.34. The molecule has 0 radical (unpaired) electrons. The smallest absolute Gasteiger partial charge is 0.187 e. The Morgan fingerprint density at radius 3 is 2.30 bits per heavy atom. The number of carbonyl (C=O) groups excluding carboxylic acids is 1. The lowest BCUT2D eigenvalue weighted by atomic mass is 9.92.